The molecule has 1 N–H and O–H groups in total. The Kier molecular flexibility index (Phi) is 6.03. The Labute approximate surface area is 117 Å². The summed E-state index contributed by atoms with van der Waals surface area (Å²) >= 11 is 0. The standard InChI is InChI=1S/C15H16O5/c1-3-20-15(18)14(17)6-4-5-13(16)11-7-9-12(19-2)10-8-11/h4-10,16H,3H2,1-2H3. The molecular weight excluding hydrogens is 260 g/mol. The Bertz CT molecular complexity index is 526. The molecule has 0 amide bonds. The topological polar surface area (TPSA) is 72.8 Å². The summed E-state index contributed by atoms with van der Waals surface area (Å²) in [6, 6.07) is 6.75. The summed E-state index contributed by atoms with van der Waals surface area (Å²) in [5.41, 5.74) is 0.569. The van der Waals surface area contributed by atoms with Crippen LogP contribution in [0.5, 0.6) is 5.75 Å². The van der Waals surface area contributed by atoms with Gasteiger partial charge >= 0.3 is 5.97 Å². The first-order chi connectivity index (χ1) is 9.58. The number of hydrogen-bond acceptors (Lipinski definition) is 5. The first kappa shape index (κ1) is 15.5. The molecule has 0 fully saturated rings. The molecule has 0 saturated carbocycles. The zero-order valence-electron chi connectivity index (χ0n) is 11.3. The lowest BCUT2D eigenvalue weighted by molar-refractivity contribution is -0.151. The van der Waals surface area contributed by atoms with Gasteiger partial charge in [-0.05, 0) is 43.3 Å². The number of aliphatic hydroxyl groups excluding tert-OH is 1. The normalized spacial score (nSPS) is 11.4. The van der Waals surface area contributed by atoms with E-state index >= 15 is 0 Å². The number of aliphatic hydroxyl groups is 1. The maximum atomic E-state index is 11.2. The number of ether oxygens (including phenoxy) is 2. The van der Waals surface area contributed by atoms with Gasteiger partial charge in [-0.25, -0.2) is 4.79 Å². The molecule has 20 heavy (non-hydrogen) atoms. The zero-order chi connectivity index (χ0) is 15.0. The van der Waals surface area contributed by atoms with E-state index in [-0.39, 0.29) is 12.4 Å². The van der Waals surface area contributed by atoms with Crippen LogP contribution in [0, 0.1) is 0 Å². The lowest BCUT2D eigenvalue weighted by atomic mass is 10.1. The van der Waals surface area contributed by atoms with E-state index in [1.807, 2.05) is 0 Å². The third-order valence-corrected chi connectivity index (χ3v) is 2.36. The number of benzene rings is 1. The van der Waals surface area contributed by atoms with Gasteiger partial charge in [-0.15, -0.1) is 0 Å². The molecule has 0 heterocycles. The highest BCUT2D eigenvalue weighted by Gasteiger charge is 2.09. The molecule has 1 rings (SSSR count). The van der Waals surface area contributed by atoms with Crippen molar-refractivity contribution in [2.24, 2.45) is 0 Å². The Morgan fingerprint density at radius 3 is 2.45 bits per heavy atom. The molecule has 0 spiro atoms. The van der Waals surface area contributed by atoms with Gasteiger partial charge < -0.3 is 14.6 Å². The third-order valence-electron chi connectivity index (χ3n) is 2.36. The van der Waals surface area contributed by atoms with Crippen LogP contribution in [0.2, 0.25) is 0 Å². The molecule has 0 aliphatic rings. The number of rotatable bonds is 6. The van der Waals surface area contributed by atoms with E-state index in [2.05, 4.69) is 4.74 Å². The van der Waals surface area contributed by atoms with Crippen LogP contribution >= 0.6 is 0 Å². The fourth-order valence-electron chi connectivity index (χ4n) is 1.35. The minimum atomic E-state index is -0.916. The second-order valence-electron chi connectivity index (χ2n) is 3.72. The fraction of sp³-hybridized carbons (Fsp3) is 0.200. The van der Waals surface area contributed by atoms with Crippen molar-refractivity contribution in [2.75, 3.05) is 13.7 Å². The van der Waals surface area contributed by atoms with E-state index in [1.165, 1.54) is 12.2 Å². The van der Waals surface area contributed by atoms with Gasteiger partial charge in [-0.3, -0.25) is 4.79 Å². The Morgan fingerprint density at radius 2 is 1.90 bits per heavy atom. The van der Waals surface area contributed by atoms with Crippen molar-refractivity contribution in [3.05, 3.63) is 48.1 Å². The van der Waals surface area contributed by atoms with E-state index in [9.17, 15) is 14.7 Å². The summed E-state index contributed by atoms with van der Waals surface area (Å²) in [6.07, 6.45) is 3.65. The van der Waals surface area contributed by atoms with Crippen molar-refractivity contribution >= 4 is 17.5 Å². The predicted molar refractivity (Wildman–Crippen MR) is 74.4 cm³/mol. The molecule has 0 bridgehead atoms. The summed E-state index contributed by atoms with van der Waals surface area (Å²) in [7, 11) is 1.55. The maximum Gasteiger partial charge on any atom is 0.379 e. The summed E-state index contributed by atoms with van der Waals surface area (Å²) in [4.78, 5) is 22.3. The molecule has 106 valence electrons. The van der Waals surface area contributed by atoms with Crippen LogP contribution < -0.4 is 4.74 Å². The average molecular weight is 276 g/mol. The Morgan fingerprint density at radius 1 is 1.25 bits per heavy atom. The average Bonchev–Trinajstić information content (AvgIpc) is 2.47. The molecule has 0 aromatic heterocycles. The minimum absolute atomic E-state index is 0.0273. The van der Waals surface area contributed by atoms with Crippen LogP contribution in [0.3, 0.4) is 0 Å². The Balaban J connectivity index is 2.68. The highest BCUT2D eigenvalue weighted by molar-refractivity contribution is 6.38. The monoisotopic (exact) mass is 276 g/mol. The van der Waals surface area contributed by atoms with Crippen LogP contribution in [0.1, 0.15) is 12.5 Å². The maximum absolute atomic E-state index is 11.2. The minimum Gasteiger partial charge on any atom is -0.507 e. The SMILES string of the molecule is CCOC(=O)C(=O)C=CC=C(O)c1ccc(OC)cc1. The van der Waals surface area contributed by atoms with Crippen LogP contribution in [-0.2, 0) is 14.3 Å². The summed E-state index contributed by atoms with van der Waals surface area (Å²) in [5.74, 6) is -1.04. The largest absolute Gasteiger partial charge is 0.507 e. The smallest absolute Gasteiger partial charge is 0.379 e. The summed E-state index contributed by atoms with van der Waals surface area (Å²) in [6.45, 7) is 1.76. The highest BCUT2D eigenvalue weighted by atomic mass is 16.5. The number of ketones is 1. The van der Waals surface area contributed by atoms with Gasteiger partial charge in [0.05, 0.1) is 13.7 Å². The quantitative estimate of drug-likeness (QED) is 0.284. The molecule has 0 radical (unpaired) electrons. The molecule has 1 aromatic rings. The number of methoxy groups -OCH3 is 1. The van der Waals surface area contributed by atoms with Gasteiger partial charge in [0, 0.05) is 5.56 Å². The van der Waals surface area contributed by atoms with Crippen LogP contribution in [-0.4, -0.2) is 30.6 Å². The lowest BCUT2D eigenvalue weighted by Gasteiger charge is -2.01. The van der Waals surface area contributed by atoms with Crippen LogP contribution in [0.25, 0.3) is 5.76 Å². The van der Waals surface area contributed by atoms with Crippen molar-refractivity contribution in [3.63, 3.8) is 0 Å². The van der Waals surface area contributed by atoms with E-state index in [0.29, 0.717) is 11.3 Å². The molecule has 0 atom stereocenters. The second kappa shape index (κ2) is 7.78. The third kappa shape index (κ3) is 4.61. The van der Waals surface area contributed by atoms with Crippen molar-refractivity contribution < 1.29 is 24.2 Å². The number of allylic oxidation sites excluding steroid dienone is 2. The number of hydrogen-bond donors (Lipinski definition) is 1. The zero-order valence-corrected chi connectivity index (χ0v) is 11.3. The van der Waals surface area contributed by atoms with Crippen molar-refractivity contribution in [1.29, 1.82) is 0 Å². The van der Waals surface area contributed by atoms with E-state index < -0.39 is 11.8 Å². The van der Waals surface area contributed by atoms with Gasteiger partial charge in [-0.2, -0.15) is 0 Å². The fourth-order valence-corrected chi connectivity index (χ4v) is 1.35. The highest BCUT2D eigenvalue weighted by Crippen LogP contribution is 2.16. The van der Waals surface area contributed by atoms with Crippen LogP contribution in [0.15, 0.2) is 42.5 Å². The molecule has 0 saturated heterocycles. The number of carbonyl (C=O) groups excluding carboxylic acids is 2. The lowest BCUT2D eigenvalue weighted by Crippen LogP contribution is -2.14. The molecule has 5 nitrogen and oxygen atoms in total. The first-order valence-corrected chi connectivity index (χ1v) is 6.01. The second-order valence-corrected chi connectivity index (χ2v) is 3.72. The van der Waals surface area contributed by atoms with E-state index in [1.54, 1.807) is 38.3 Å². The molecule has 1 aromatic carbocycles. The molecule has 0 aliphatic heterocycles. The first-order valence-electron chi connectivity index (χ1n) is 6.01. The van der Waals surface area contributed by atoms with Gasteiger partial charge in [0.15, 0.2) is 0 Å². The van der Waals surface area contributed by atoms with Gasteiger partial charge in [0.25, 0.3) is 5.78 Å². The van der Waals surface area contributed by atoms with Gasteiger partial charge in [0.2, 0.25) is 0 Å². The Hall–Kier alpha value is -2.56. The van der Waals surface area contributed by atoms with Gasteiger partial charge in [0.1, 0.15) is 11.5 Å². The van der Waals surface area contributed by atoms with Crippen molar-refractivity contribution in [3.8, 4) is 5.75 Å². The van der Waals surface area contributed by atoms with Crippen molar-refractivity contribution in [1.82, 2.24) is 0 Å². The van der Waals surface area contributed by atoms with Gasteiger partial charge in [-0.1, -0.05) is 6.08 Å². The number of esters is 1. The van der Waals surface area contributed by atoms with E-state index in [4.69, 9.17) is 4.74 Å². The summed E-state index contributed by atoms with van der Waals surface area (Å²) in [5, 5.41) is 9.78. The van der Waals surface area contributed by atoms with E-state index in [0.717, 1.165) is 6.08 Å². The predicted octanol–water partition coefficient (Wildman–Crippen LogP) is 2.28. The van der Waals surface area contributed by atoms with Crippen molar-refractivity contribution in [2.45, 2.75) is 6.92 Å². The molecular formula is C15H16O5. The molecule has 5 heteroatoms. The van der Waals surface area contributed by atoms with Crippen LogP contribution in [0.4, 0.5) is 0 Å². The summed E-state index contributed by atoms with van der Waals surface area (Å²) < 4.78 is 9.53. The molecule has 0 aliphatic carbocycles. The number of carbonyl (C=O) groups is 2. The molecule has 0 unspecified atom stereocenters.